The van der Waals surface area contributed by atoms with Gasteiger partial charge in [-0.25, -0.2) is 4.79 Å². The Morgan fingerprint density at radius 3 is 3.00 bits per heavy atom. The van der Waals surface area contributed by atoms with Crippen LogP contribution in [0.1, 0.15) is 12.0 Å². The molecule has 1 N–H and O–H groups in total. The topological polar surface area (TPSA) is 66.8 Å². The lowest BCUT2D eigenvalue weighted by Crippen LogP contribution is -2.44. The molecule has 3 rings (SSSR count). The van der Waals surface area contributed by atoms with E-state index in [1.165, 1.54) is 16.7 Å². The Morgan fingerprint density at radius 1 is 1.50 bits per heavy atom. The second kappa shape index (κ2) is 8.28. The number of nitrogens with zero attached hydrogens (tertiary/aromatic N) is 1. The number of hydrogen-bond donors (Lipinski definition) is 1. The number of aliphatic carboxylic acids is 1. The van der Waals surface area contributed by atoms with Crippen LogP contribution < -0.4 is 4.74 Å². The molecule has 1 aromatic rings. The second-order valence-corrected chi connectivity index (χ2v) is 8.39. The van der Waals surface area contributed by atoms with Crippen molar-refractivity contribution in [1.82, 2.24) is 4.90 Å². The number of rotatable bonds is 6. The van der Waals surface area contributed by atoms with Crippen LogP contribution in [0.5, 0.6) is 5.75 Å². The second-order valence-electron chi connectivity index (χ2n) is 5.73. The molecule has 0 saturated carbocycles. The van der Waals surface area contributed by atoms with Crippen molar-refractivity contribution in [3.63, 3.8) is 0 Å². The Kier molecular flexibility index (Phi) is 6.05. The molecule has 0 radical (unpaired) electrons. The lowest BCUT2D eigenvalue weighted by molar-refractivity contribution is -0.145. The summed E-state index contributed by atoms with van der Waals surface area (Å²) in [5, 5.41) is 9.49. The number of para-hydroxylation sites is 1. The highest BCUT2D eigenvalue weighted by Gasteiger charge is 2.40. The predicted octanol–water partition coefficient (Wildman–Crippen LogP) is 3.41. The predicted molar refractivity (Wildman–Crippen MR) is 109 cm³/mol. The molecule has 1 atom stereocenters. The quantitative estimate of drug-likeness (QED) is 0.572. The van der Waals surface area contributed by atoms with Crippen molar-refractivity contribution in [3.05, 3.63) is 46.4 Å². The highest BCUT2D eigenvalue weighted by atomic mass is 32.2. The molecule has 0 aliphatic carbocycles. The van der Waals surface area contributed by atoms with Gasteiger partial charge in [0, 0.05) is 5.56 Å². The van der Waals surface area contributed by atoms with Gasteiger partial charge in [-0.05, 0) is 42.2 Å². The lowest BCUT2D eigenvalue weighted by Gasteiger charge is -2.22. The van der Waals surface area contributed by atoms with E-state index in [0.29, 0.717) is 23.7 Å². The number of thioether (sulfide) groups is 2. The van der Waals surface area contributed by atoms with Crippen molar-refractivity contribution in [3.8, 4) is 5.75 Å². The molecule has 26 heavy (non-hydrogen) atoms. The van der Waals surface area contributed by atoms with E-state index in [0.717, 1.165) is 28.6 Å². The van der Waals surface area contributed by atoms with E-state index < -0.39 is 12.0 Å². The van der Waals surface area contributed by atoms with Gasteiger partial charge in [-0.2, -0.15) is 11.8 Å². The average Bonchev–Trinajstić information content (AvgIpc) is 2.89. The number of benzene rings is 1. The molecule has 0 unspecified atom stereocenters. The van der Waals surface area contributed by atoms with Gasteiger partial charge >= 0.3 is 5.97 Å². The van der Waals surface area contributed by atoms with E-state index >= 15 is 0 Å². The maximum atomic E-state index is 12.8. The van der Waals surface area contributed by atoms with Crippen LogP contribution in [-0.4, -0.2) is 50.9 Å². The fourth-order valence-electron chi connectivity index (χ4n) is 2.73. The molecule has 2 heterocycles. The fourth-order valence-corrected chi connectivity index (χ4v) is 4.56. The summed E-state index contributed by atoms with van der Waals surface area (Å²) in [4.78, 5) is 26.0. The van der Waals surface area contributed by atoms with Crippen LogP contribution >= 0.6 is 35.7 Å². The van der Waals surface area contributed by atoms with Gasteiger partial charge in [0.15, 0.2) is 0 Å². The molecule has 0 aromatic heterocycles. The van der Waals surface area contributed by atoms with E-state index in [4.69, 9.17) is 17.0 Å². The molecule has 1 saturated heterocycles. The van der Waals surface area contributed by atoms with E-state index in [2.05, 4.69) is 0 Å². The Bertz CT molecular complexity index is 818. The van der Waals surface area contributed by atoms with Gasteiger partial charge in [-0.3, -0.25) is 9.69 Å². The Balaban J connectivity index is 1.83. The minimum Gasteiger partial charge on any atom is -0.488 e. The molecule has 2 aliphatic rings. The van der Waals surface area contributed by atoms with Gasteiger partial charge < -0.3 is 9.84 Å². The highest BCUT2D eigenvalue weighted by Crippen LogP contribution is 2.35. The fraction of sp³-hybridized carbons (Fsp3) is 0.278. The monoisotopic (exact) mass is 407 g/mol. The normalized spacial score (nSPS) is 19.2. The van der Waals surface area contributed by atoms with Crippen molar-refractivity contribution in [1.29, 1.82) is 0 Å². The van der Waals surface area contributed by atoms with Crippen LogP contribution in [-0.2, 0) is 9.59 Å². The van der Waals surface area contributed by atoms with Crippen LogP contribution in [0.3, 0.4) is 0 Å². The van der Waals surface area contributed by atoms with Gasteiger partial charge in [-0.1, -0.05) is 42.2 Å². The summed E-state index contributed by atoms with van der Waals surface area (Å²) in [6.07, 6.45) is 5.96. The first-order chi connectivity index (χ1) is 12.5. The van der Waals surface area contributed by atoms with E-state index in [-0.39, 0.29) is 10.2 Å². The molecule has 1 fully saturated rings. The number of carboxylic acids is 1. The third-order valence-electron chi connectivity index (χ3n) is 3.99. The first kappa shape index (κ1) is 19.0. The van der Waals surface area contributed by atoms with Gasteiger partial charge in [0.25, 0.3) is 5.91 Å². The van der Waals surface area contributed by atoms with Crippen LogP contribution in [0.4, 0.5) is 0 Å². The molecule has 8 heteroatoms. The molecular weight excluding hydrogens is 390 g/mol. The summed E-state index contributed by atoms with van der Waals surface area (Å²) in [5.41, 5.74) is 1.80. The zero-order valence-electron chi connectivity index (χ0n) is 14.0. The van der Waals surface area contributed by atoms with Crippen molar-refractivity contribution < 1.29 is 19.4 Å². The summed E-state index contributed by atoms with van der Waals surface area (Å²) >= 11 is 7.96. The van der Waals surface area contributed by atoms with E-state index in [1.54, 1.807) is 6.08 Å². The van der Waals surface area contributed by atoms with Gasteiger partial charge in [-0.15, -0.1) is 0 Å². The molecule has 1 amide bonds. The smallest absolute Gasteiger partial charge is 0.326 e. The van der Waals surface area contributed by atoms with Gasteiger partial charge in [0.2, 0.25) is 0 Å². The summed E-state index contributed by atoms with van der Waals surface area (Å²) in [6.45, 7) is 0.357. The molecule has 2 aliphatic heterocycles. The SMILES string of the molecule is CSCC[C@H](C(=O)O)N1C(=O)/C(=C/C2=Cc3ccccc3OC2)SC1=S. The van der Waals surface area contributed by atoms with E-state index in [9.17, 15) is 14.7 Å². The number of carbonyl (C=O) groups excluding carboxylic acids is 1. The Hall–Kier alpha value is -1.77. The standard InChI is InChI=1S/C18H17NO4S3/c1-25-7-6-13(17(21)22)19-16(20)15(26-18(19)24)9-11-8-12-4-2-3-5-14(12)23-10-11/h2-5,8-9,13H,6-7,10H2,1H3,(H,21,22)/b15-9-/t13-/m1/s1. The largest absolute Gasteiger partial charge is 0.488 e. The number of ether oxygens (including phenoxy) is 1. The number of carbonyl (C=O) groups is 2. The summed E-state index contributed by atoms with van der Waals surface area (Å²) in [5.74, 6) is 0.0577. The number of hydrogen-bond acceptors (Lipinski definition) is 6. The summed E-state index contributed by atoms with van der Waals surface area (Å²) in [6, 6.07) is 6.73. The van der Waals surface area contributed by atoms with Crippen molar-refractivity contribution in [2.45, 2.75) is 12.5 Å². The molecular formula is C18H17NO4S3. The van der Waals surface area contributed by atoms with Crippen molar-refractivity contribution in [2.24, 2.45) is 0 Å². The van der Waals surface area contributed by atoms with Crippen molar-refractivity contribution >= 4 is 58.0 Å². The summed E-state index contributed by atoms with van der Waals surface area (Å²) in [7, 11) is 0. The number of amides is 1. The third kappa shape index (κ3) is 3.97. The molecule has 0 spiro atoms. The lowest BCUT2D eigenvalue weighted by atomic mass is 10.1. The Labute approximate surface area is 165 Å². The van der Waals surface area contributed by atoms with Gasteiger partial charge in [0.1, 0.15) is 22.7 Å². The minimum atomic E-state index is -1.04. The van der Waals surface area contributed by atoms with Crippen LogP contribution in [0.2, 0.25) is 0 Å². The summed E-state index contributed by atoms with van der Waals surface area (Å²) < 4.78 is 5.98. The number of fused-ring (bicyclic) bond motifs is 1. The van der Waals surface area contributed by atoms with Gasteiger partial charge in [0.05, 0.1) is 4.91 Å². The number of thiocarbonyl (C=S) groups is 1. The first-order valence-corrected chi connectivity index (χ1v) is 10.5. The van der Waals surface area contributed by atoms with Crippen molar-refractivity contribution in [2.75, 3.05) is 18.6 Å². The Morgan fingerprint density at radius 2 is 2.27 bits per heavy atom. The maximum Gasteiger partial charge on any atom is 0.326 e. The van der Waals surface area contributed by atoms with Crippen LogP contribution in [0.15, 0.2) is 40.8 Å². The third-order valence-corrected chi connectivity index (χ3v) is 5.96. The zero-order valence-corrected chi connectivity index (χ0v) is 16.5. The molecule has 5 nitrogen and oxygen atoms in total. The van der Waals surface area contributed by atoms with E-state index in [1.807, 2.05) is 36.6 Å². The first-order valence-electron chi connectivity index (χ1n) is 7.92. The number of carboxylic acid groups (broad SMARTS) is 1. The molecule has 1 aromatic carbocycles. The minimum absolute atomic E-state index is 0.285. The molecule has 0 bridgehead atoms. The maximum absolute atomic E-state index is 12.8. The van der Waals surface area contributed by atoms with Crippen LogP contribution in [0, 0.1) is 0 Å². The zero-order chi connectivity index (χ0) is 18.7. The van der Waals surface area contributed by atoms with Crippen LogP contribution in [0.25, 0.3) is 6.08 Å². The average molecular weight is 408 g/mol. The molecule has 136 valence electrons. The highest BCUT2D eigenvalue weighted by molar-refractivity contribution is 8.26.